The van der Waals surface area contributed by atoms with Gasteiger partial charge in [0.05, 0.1) is 23.4 Å². The molecule has 1 unspecified atom stereocenters. The maximum absolute atomic E-state index is 12.8. The van der Waals surface area contributed by atoms with E-state index in [9.17, 15) is 9.59 Å². The summed E-state index contributed by atoms with van der Waals surface area (Å²) in [4.78, 5) is 25.5. The number of amides is 2. The van der Waals surface area contributed by atoms with Crippen LogP contribution in [-0.2, 0) is 11.4 Å². The summed E-state index contributed by atoms with van der Waals surface area (Å²) >= 11 is 12.0. The monoisotopic (exact) mass is 541 g/mol. The van der Waals surface area contributed by atoms with Crippen LogP contribution in [0.25, 0.3) is 0 Å². The Morgan fingerprint density at radius 3 is 2.41 bits per heavy atom. The van der Waals surface area contributed by atoms with Crippen molar-refractivity contribution in [1.82, 2.24) is 10.7 Å². The second-order valence-electron chi connectivity index (χ2n) is 8.47. The maximum Gasteiger partial charge on any atom is 0.262 e. The van der Waals surface area contributed by atoms with Crippen molar-refractivity contribution >= 4 is 41.2 Å². The fraction of sp³-hybridized carbons (Fsp3) is 0.250. The largest absolute Gasteiger partial charge is 0.490 e. The Morgan fingerprint density at radius 1 is 0.973 bits per heavy atom. The molecule has 3 rings (SSSR count). The zero-order chi connectivity index (χ0) is 26.8. The fourth-order valence-electron chi connectivity index (χ4n) is 3.40. The maximum atomic E-state index is 12.8. The van der Waals surface area contributed by atoms with E-state index >= 15 is 0 Å². The lowest BCUT2D eigenvalue weighted by molar-refractivity contribution is -0.123. The molecule has 2 amide bonds. The summed E-state index contributed by atoms with van der Waals surface area (Å²) in [6, 6.07) is 18.9. The molecule has 2 N–H and O–H groups in total. The van der Waals surface area contributed by atoms with Crippen molar-refractivity contribution in [2.75, 3.05) is 6.61 Å². The van der Waals surface area contributed by atoms with Crippen molar-refractivity contribution in [3.05, 3.63) is 93.5 Å². The second kappa shape index (κ2) is 13.7. The minimum atomic E-state index is -0.829. The topological polar surface area (TPSA) is 89.0 Å². The highest BCUT2D eigenvalue weighted by Crippen LogP contribution is 2.29. The van der Waals surface area contributed by atoms with Gasteiger partial charge < -0.3 is 14.8 Å². The van der Waals surface area contributed by atoms with E-state index in [2.05, 4.69) is 15.8 Å². The second-order valence-corrected chi connectivity index (χ2v) is 9.31. The number of hydrogen-bond donors (Lipinski definition) is 2. The molecule has 0 aliphatic rings. The van der Waals surface area contributed by atoms with Crippen LogP contribution >= 0.6 is 23.2 Å². The lowest BCUT2D eigenvalue weighted by Crippen LogP contribution is -2.48. The Labute approximate surface area is 226 Å². The summed E-state index contributed by atoms with van der Waals surface area (Å²) in [6.07, 6.45) is 1.50. The van der Waals surface area contributed by atoms with E-state index in [-0.39, 0.29) is 16.5 Å². The number of hydrogen-bond acceptors (Lipinski definition) is 5. The molecule has 0 aromatic heterocycles. The number of rotatable bonds is 11. The molecule has 1 atom stereocenters. The molecule has 194 valence electrons. The molecule has 0 aliphatic carbocycles. The molecule has 7 nitrogen and oxygen atoms in total. The zero-order valence-electron chi connectivity index (χ0n) is 20.8. The first-order valence-corrected chi connectivity index (χ1v) is 12.6. The van der Waals surface area contributed by atoms with E-state index in [4.69, 9.17) is 32.7 Å². The summed E-state index contributed by atoms with van der Waals surface area (Å²) in [5.41, 5.74) is 4.47. The number of ether oxygens (including phenoxy) is 2. The van der Waals surface area contributed by atoms with Gasteiger partial charge in [-0.25, -0.2) is 5.43 Å². The lowest BCUT2D eigenvalue weighted by atomic mass is 10.0. The molecule has 9 heteroatoms. The van der Waals surface area contributed by atoms with Crippen molar-refractivity contribution in [3.8, 4) is 11.5 Å². The molecule has 37 heavy (non-hydrogen) atoms. The average molecular weight is 542 g/mol. The summed E-state index contributed by atoms with van der Waals surface area (Å²) < 4.78 is 11.6. The van der Waals surface area contributed by atoms with Gasteiger partial charge >= 0.3 is 0 Å². The first kappa shape index (κ1) is 28.0. The molecule has 0 aliphatic heterocycles. The quantitative estimate of drug-likeness (QED) is 0.234. The third-order valence-corrected chi connectivity index (χ3v) is 5.85. The lowest BCUT2D eigenvalue weighted by Gasteiger charge is -2.20. The van der Waals surface area contributed by atoms with Crippen molar-refractivity contribution in [1.29, 1.82) is 0 Å². The normalized spacial score (nSPS) is 11.8. The molecular weight excluding hydrogens is 513 g/mol. The number of benzene rings is 3. The highest BCUT2D eigenvalue weighted by atomic mass is 35.5. The Bertz CT molecular complexity index is 1250. The number of nitrogens with one attached hydrogen (secondary N) is 2. The van der Waals surface area contributed by atoms with E-state index in [1.807, 2.05) is 57.2 Å². The van der Waals surface area contributed by atoms with Gasteiger partial charge in [-0.1, -0.05) is 67.4 Å². The van der Waals surface area contributed by atoms with Gasteiger partial charge in [0.15, 0.2) is 11.5 Å². The molecule has 0 spiro atoms. The number of halogens is 2. The minimum Gasteiger partial charge on any atom is -0.490 e. The molecule has 3 aromatic carbocycles. The molecule has 0 fully saturated rings. The van der Waals surface area contributed by atoms with Crippen molar-refractivity contribution in [2.24, 2.45) is 11.0 Å². The molecule has 0 heterocycles. The van der Waals surface area contributed by atoms with Gasteiger partial charge in [-0.15, -0.1) is 0 Å². The van der Waals surface area contributed by atoms with E-state index in [0.29, 0.717) is 35.3 Å². The van der Waals surface area contributed by atoms with Crippen molar-refractivity contribution in [2.45, 2.75) is 33.4 Å². The Balaban J connectivity index is 1.64. The van der Waals surface area contributed by atoms with Gasteiger partial charge in [-0.05, 0) is 60.4 Å². The van der Waals surface area contributed by atoms with Crippen LogP contribution in [0.3, 0.4) is 0 Å². The van der Waals surface area contributed by atoms with Crippen LogP contribution in [-0.4, -0.2) is 30.7 Å². The summed E-state index contributed by atoms with van der Waals surface area (Å²) in [6.45, 7) is 6.40. The van der Waals surface area contributed by atoms with Gasteiger partial charge in [-0.2, -0.15) is 5.10 Å². The van der Waals surface area contributed by atoms with Crippen LogP contribution in [0.15, 0.2) is 71.8 Å². The van der Waals surface area contributed by atoms with Crippen molar-refractivity contribution < 1.29 is 19.1 Å². The molecule has 0 saturated carbocycles. The number of carbonyl (C=O) groups excluding carboxylic acids is 2. The summed E-state index contributed by atoms with van der Waals surface area (Å²) in [5.74, 6) is 0.0384. The first-order chi connectivity index (χ1) is 17.8. The van der Waals surface area contributed by atoms with Gasteiger partial charge in [0.1, 0.15) is 12.6 Å². The third-order valence-electron chi connectivity index (χ3n) is 5.30. The first-order valence-electron chi connectivity index (χ1n) is 11.8. The number of nitrogens with zero attached hydrogens (tertiary/aromatic N) is 1. The summed E-state index contributed by atoms with van der Waals surface area (Å²) in [7, 11) is 0. The Morgan fingerprint density at radius 2 is 1.73 bits per heavy atom. The zero-order valence-corrected chi connectivity index (χ0v) is 22.3. The third kappa shape index (κ3) is 8.23. The Kier molecular flexibility index (Phi) is 10.4. The average Bonchev–Trinajstić information content (AvgIpc) is 2.87. The van der Waals surface area contributed by atoms with E-state index in [1.54, 1.807) is 18.2 Å². The van der Waals surface area contributed by atoms with Gasteiger partial charge in [0, 0.05) is 5.02 Å². The summed E-state index contributed by atoms with van der Waals surface area (Å²) in [5, 5.41) is 7.39. The smallest absolute Gasteiger partial charge is 0.262 e. The van der Waals surface area contributed by atoms with Crippen molar-refractivity contribution in [3.63, 3.8) is 0 Å². The van der Waals surface area contributed by atoms with Gasteiger partial charge in [0.25, 0.3) is 11.8 Å². The molecule has 0 bridgehead atoms. The Hall–Kier alpha value is -3.55. The highest BCUT2D eigenvalue weighted by Gasteiger charge is 2.25. The molecular formula is C28H29Cl2N3O4. The molecule has 0 radical (unpaired) electrons. The highest BCUT2D eigenvalue weighted by molar-refractivity contribution is 6.36. The van der Waals surface area contributed by atoms with Crippen LogP contribution in [0.2, 0.25) is 10.0 Å². The standard InChI is InChI=1S/C28H29Cl2N3O4/c1-4-36-25-14-20(10-13-24(25)37-17-19-8-6-5-7-9-19)16-31-33-28(35)26(18(2)3)32-27(34)22-12-11-21(29)15-23(22)30/h5-16,18,26H,4,17H2,1-3H3,(H,32,34)(H,33,35)/b31-16-. The SMILES string of the molecule is CCOc1cc(/C=N\NC(=O)C(NC(=O)c2ccc(Cl)cc2Cl)C(C)C)ccc1OCc1ccccc1. The van der Waals surface area contributed by atoms with Crippen LogP contribution in [0.4, 0.5) is 0 Å². The number of carbonyl (C=O) groups is 2. The van der Waals surface area contributed by atoms with Crippen LogP contribution in [0, 0.1) is 5.92 Å². The molecule has 3 aromatic rings. The van der Waals surface area contributed by atoms with Crippen LogP contribution in [0.1, 0.15) is 42.3 Å². The predicted octanol–water partition coefficient (Wildman–Crippen LogP) is 5.88. The predicted molar refractivity (Wildman–Crippen MR) is 147 cm³/mol. The minimum absolute atomic E-state index is 0.198. The van der Waals surface area contributed by atoms with E-state index < -0.39 is 17.9 Å². The van der Waals surface area contributed by atoms with Gasteiger partial charge in [-0.3, -0.25) is 9.59 Å². The fourth-order valence-corrected chi connectivity index (χ4v) is 3.89. The molecule has 0 saturated heterocycles. The van der Waals surface area contributed by atoms with Crippen LogP contribution < -0.4 is 20.2 Å². The van der Waals surface area contributed by atoms with Crippen LogP contribution in [0.5, 0.6) is 11.5 Å². The number of hydrazone groups is 1. The van der Waals surface area contributed by atoms with E-state index in [0.717, 1.165) is 5.56 Å². The van der Waals surface area contributed by atoms with Gasteiger partial charge in [0.2, 0.25) is 0 Å². The van der Waals surface area contributed by atoms with E-state index in [1.165, 1.54) is 18.3 Å².